The smallest absolute Gasteiger partial charge is 0.103 e. The number of rotatable bonds is 2. The van der Waals surface area contributed by atoms with Crippen molar-refractivity contribution in [3.8, 4) is 0 Å². The Morgan fingerprint density at radius 1 is 1.83 bits per heavy atom. The average Bonchev–Trinajstić information content (AvgIpc) is 2.05. The lowest BCUT2D eigenvalue weighted by molar-refractivity contribution is -0.00130. The second-order valence-electron chi connectivity index (χ2n) is 3.10. The molecule has 0 radical (unpaired) electrons. The van der Waals surface area contributed by atoms with Crippen molar-refractivity contribution >= 4 is 12.6 Å². The fraction of sp³-hybridized carbons (Fsp3) is 0.556. The zero-order valence-corrected chi connectivity index (χ0v) is 8.23. The first-order valence-corrected chi connectivity index (χ1v) is 4.48. The van der Waals surface area contributed by atoms with E-state index in [1.165, 1.54) is 0 Å². The Bertz CT molecular complexity index is 225. The van der Waals surface area contributed by atoms with E-state index in [-0.39, 0.29) is 5.60 Å². The zero-order valence-electron chi connectivity index (χ0n) is 7.34. The van der Waals surface area contributed by atoms with Crippen molar-refractivity contribution in [2.24, 2.45) is 5.73 Å². The van der Waals surface area contributed by atoms with E-state index in [1.807, 2.05) is 6.92 Å². The molecular formula is C9H15NOS. The number of hydrogen-bond acceptors (Lipinski definition) is 3. The highest BCUT2D eigenvalue weighted by molar-refractivity contribution is 7.84. The molecule has 0 spiro atoms. The van der Waals surface area contributed by atoms with Gasteiger partial charge in [-0.15, -0.1) is 12.6 Å². The van der Waals surface area contributed by atoms with Gasteiger partial charge in [0.15, 0.2) is 0 Å². The lowest BCUT2D eigenvalue weighted by Gasteiger charge is -2.34. The summed E-state index contributed by atoms with van der Waals surface area (Å²) in [6, 6.07) is 0. The Morgan fingerprint density at radius 2 is 2.50 bits per heavy atom. The maximum Gasteiger partial charge on any atom is 0.103 e. The average molecular weight is 185 g/mol. The van der Waals surface area contributed by atoms with Crippen LogP contribution in [0, 0.1) is 0 Å². The molecule has 1 heterocycles. The van der Waals surface area contributed by atoms with Gasteiger partial charge >= 0.3 is 0 Å². The Balaban J connectivity index is 3.02. The van der Waals surface area contributed by atoms with E-state index in [0.717, 1.165) is 16.9 Å². The summed E-state index contributed by atoms with van der Waals surface area (Å²) < 4.78 is 5.59. The van der Waals surface area contributed by atoms with Crippen molar-refractivity contribution in [3.63, 3.8) is 0 Å². The molecular weight excluding hydrogens is 170 g/mol. The SMILES string of the molecule is C=CC1=C(S)CCOC1(C)CN. The Hall–Kier alpha value is -0.250. The zero-order chi connectivity index (χ0) is 9.19. The van der Waals surface area contributed by atoms with Crippen LogP contribution in [0.25, 0.3) is 0 Å². The van der Waals surface area contributed by atoms with Crippen LogP contribution < -0.4 is 5.73 Å². The molecule has 1 atom stereocenters. The summed E-state index contributed by atoms with van der Waals surface area (Å²) in [4.78, 5) is 1.05. The Labute approximate surface area is 78.9 Å². The molecule has 0 amide bonds. The van der Waals surface area contributed by atoms with Crippen molar-refractivity contribution < 1.29 is 4.74 Å². The molecule has 0 bridgehead atoms. The molecule has 2 N–H and O–H groups in total. The highest BCUT2D eigenvalue weighted by Gasteiger charge is 2.31. The highest BCUT2D eigenvalue weighted by Crippen LogP contribution is 2.32. The second-order valence-corrected chi connectivity index (χ2v) is 3.64. The van der Waals surface area contributed by atoms with Gasteiger partial charge in [0, 0.05) is 13.0 Å². The lowest BCUT2D eigenvalue weighted by Crippen LogP contribution is -2.42. The Kier molecular flexibility index (Phi) is 2.99. The first-order valence-electron chi connectivity index (χ1n) is 4.03. The predicted molar refractivity (Wildman–Crippen MR) is 54.2 cm³/mol. The van der Waals surface area contributed by atoms with Crippen LogP contribution in [0.1, 0.15) is 13.3 Å². The minimum atomic E-state index is -0.378. The van der Waals surface area contributed by atoms with Crippen LogP contribution in [0.15, 0.2) is 23.1 Å². The maximum absolute atomic E-state index is 5.62. The van der Waals surface area contributed by atoms with Crippen LogP contribution in [0.5, 0.6) is 0 Å². The third-order valence-electron chi connectivity index (χ3n) is 2.23. The van der Waals surface area contributed by atoms with Gasteiger partial charge < -0.3 is 10.5 Å². The number of hydrogen-bond donors (Lipinski definition) is 2. The van der Waals surface area contributed by atoms with Crippen LogP contribution in [0.4, 0.5) is 0 Å². The van der Waals surface area contributed by atoms with Gasteiger partial charge in [0.25, 0.3) is 0 Å². The van der Waals surface area contributed by atoms with E-state index in [2.05, 4.69) is 19.2 Å². The van der Waals surface area contributed by atoms with Gasteiger partial charge in [-0.25, -0.2) is 0 Å². The summed E-state index contributed by atoms with van der Waals surface area (Å²) in [7, 11) is 0. The summed E-state index contributed by atoms with van der Waals surface area (Å²) in [6.07, 6.45) is 2.65. The lowest BCUT2D eigenvalue weighted by atomic mass is 9.92. The van der Waals surface area contributed by atoms with E-state index in [1.54, 1.807) is 6.08 Å². The van der Waals surface area contributed by atoms with E-state index in [9.17, 15) is 0 Å². The van der Waals surface area contributed by atoms with Gasteiger partial charge in [0.05, 0.1) is 6.61 Å². The van der Waals surface area contributed by atoms with Crippen molar-refractivity contribution in [1.29, 1.82) is 0 Å². The molecule has 0 saturated carbocycles. The van der Waals surface area contributed by atoms with Gasteiger partial charge in [-0.1, -0.05) is 12.7 Å². The van der Waals surface area contributed by atoms with E-state index in [4.69, 9.17) is 10.5 Å². The molecule has 1 aliphatic heterocycles. The molecule has 3 heteroatoms. The number of nitrogens with two attached hydrogens (primary N) is 1. The third kappa shape index (κ3) is 1.58. The quantitative estimate of drug-likeness (QED) is 0.639. The van der Waals surface area contributed by atoms with Gasteiger partial charge in [-0.05, 0) is 17.4 Å². The monoisotopic (exact) mass is 185 g/mol. The fourth-order valence-electron chi connectivity index (χ4n) is 1.39. The minimum Gasteiger partial charge on any atom is -0.369 e. The first kappa shape index (κ1) is 9.84. The predicted octanol–water partition coefficient (Wildman–Crippen LogP) is 1.49. The summed E-state index contributed by atoms with van der Waals surface area (Å²) >= 11 is 4.38. The molecule has 0 aromatic rings. The molecule has 1 rings (SSSR count). The molecule has 1 unspecified atom stereocenters. The number of ether oxygens (including phenoxy) is 1. The normalized spacial score (nSPS) is 30.6. The molecule has 0 saturated heterocycles. The highest BCUT2D eigenvalue weighted by atomic mass is 32.1. The minimum absolute atomic E-state index is 0.378. The maximum atomic E-state index is 5.62. The molecule has 0 aliphatic carbocycles. The molecule has 0 aromatic carbocycles. The van der Waals surface area contributed by atoms with Crippen LogP contribution >= 0.6 is 12.6 Å². The number of thiol groups is 1. The molecule has 0 fully saturated rings. The van der Waals surface area contributed by atoms with Gasteiger partial charge in [-0.2, -0.15) is 0 Å². The molecule has 12 heavy (non-hydrogen) atoms. The van der Waals surface area contributed by atoms with E-state index < -0.39 is 0 Å². The van der Waals surface area contributed by atoms with Gasteiger partial charge in [0.2, 0.25) is 0 Å². The van der Waals surface area contributed by atoms with Gasteiger partial charge in [0.1, 0.15) is 5.60 Å². The molecule has 2 nitrogen and oxygen atoms in total. The van der Waals surface area contributed by atoms with Crippen LogP contribution in [-0.4, -0.2) is 18.8 Å². The second kappa shape index (κ2) is 3.64. The third-order valence-corrected chi connectivity index (χ3v) is 2.70. The van der Waals surface area contributed by atoms with Crippen molar-refractivity contribution in [1.82, 2.24) is 0 Å². The van der Waals surface area contributed by atoms with E-state index in [0.29, 0.717) is 13.2 Å². The van der Waals surface area contributed by atoms with Crippen LogP contribution in [0.3, 0.4) is 0 Å². The molecule has 1 aliphatic rings. The van der Waals surface area contributed by atoms with Crippen molar-refractivity contribution in [3.05, 3.63) is 23.1 Å². The summed E-state index contributed by atoms with van der Waals surface area (Å²) in [5, 5.41) is 0. The van der Waals surface area contributed by atoms with Crippen molar-refractivity contribution in [2.45, 2.75) is 18.9 Å². The van der Waals surface area contributed by atoms with Crippen LogP contribution in [-0.2, 0) is 4.74 Å². The van der Waals surface area contributed by atoms with Gasteiger partial charge in [-0.3, -0.25) is 0 Å². The summed E-state index contributed by atoms with van der Waals surface area (Å²) in [5.74, 6) is 0. The van der Waals surface area contributed by atoms with Crippen molar-refractivity contribution in [2.75, 3.05) is 13.2 Å². The molecule has 0 aromatic heterocycles. The summed E-state index contributed by atoms with van der Waals surface area (Å²) in [6.45, 7) is 6.88. The topological polar surface area (TPSA) is 35.2 Å². The first-order chi connectivity index (χ1) is 5.64. The van der Waals surface area contributed by atoms with E-state index >= 15 is 0 Å². The van der Waals surface area contributed by atoms with Crippen LogP contribution in [0.2, 0.25) is 0 Å². The Morgan fingerprint density at radius 3 is 2.92 bits per heavy atom. The molecule has 68 valence electrons. The summed E-state index contributed by atoms with van der Waals surface area (Å²) in [5.41, 5.74) is 6.27. The standard InChI is InChI=1S/C9H15NOS/c1-3-7-8(12)4-5-11-9(7,2)6-10/h3,12H,1,4-6,10H2,2H3. The fourth-order valence-corrected chi connectivity index (χ4v) is 1.81. The largest absolute Gasteiger partial charge is 0.369 e.